The van der Waals surface area contributed by atoms with E-state index in [1.54, 1.807) is 24.3 Å². The van der Waals surface area contributed by atoms with Crippen molar-refractivity contribution in [1.29, 1.82) is 0 Å². The van der Waals surface area contributed by atoms with Crippen LogP contribution in [0.5, 0.6) is 11.5 Å². The Morgan fingerprint density at radius 1 is 1.04 bits per heavy atom. The zero-order chi connectivity index (χ0) is 18.1. The number of nitrogens with zero attached hydrogens (tertiary/aromatic N) is 1. The molecule has 2 heterocycles. The highest BCUT2D eigenvalue weighted by Crippen LogP contribution is 2.35. The summed E-state index contributed by atoms with van der Waals surface area (Å²) < 4.78 is 55.4. The summed E-state index contributed by atoms with van der Waals surface area (Å²) in [5, 5.41) is 3.94. The van der Waals surface area contributed by atoms with Gasteiger partial charge in [-0.05, 0) is 42.5 Å². The monoisotopic (exact) mass is 376 g/mol. The summed E-state index contributed by atoms with van der Waals surface area (Å²) in [6.45, 7) is 0.0886. The van der Waals surface area contributed by atoms with Gasteiger partial charge in [0, 0.05) is 11.6 Å². The summed E-state index contributed by atoms with van der Waals surface area (Å²) in [5.41, 5.74) is 1.30. The maximum absolute atomic E-state index is 12.9. The highest BCUT2D eigenvalue weighted by atomic mass is 32.2. The van der Waals surface area contributed by atoms with Crippen LogP contribution in [0.3, 0.4) is 0 Å². The average molecular weight is 376 g/mol. The Morgan fingerprint density at radius 3 is 2.62 bits per heavy atom. The van der Waals surface area contributed by atoms with Crippen LogP contribution in [0, 0.1) is 5.82 Å². The molecule has 0 saturated carbocycles. The van der Waals surface area contributed by atoms with E-state index in [9.17, 15) is 12.8 Å². The number of nitrogens with one attached hydrogen (secondary N) is 1. The Labute approximate surface area is 148 Å². The maximum atomic E-state index is 12.9. The van der Waals surface area contributed by atoms with E-state index in [-0.39, 0.29) is 18.2 Å². The topological polar surface area (TPSA) is 90.7 Å². The molecule has 4 rings (SSSR count). The molecule has 134 valence electrons. The van der Waals surface area contributed by atoms with E-state index in [1.807, 2.05) is 0 Å². The number of sulfonamides is 1. The van der Waals surface area contributed by atoms with E-state index in [1.165, 1.54) is 12.1 Å². The average Bonchev–Trinajstić information content (AvgIpc) is 3.29. The summed E-state index contributed by atoms with van der Waals surface area (Å²) in [7, 11) is -3.78. The smallest absolute Gasteiger partial charge is 0.240 e. The number of aromatic nitrogens is 1. The molecule has 0 amide bonds. The van der Waals surface area contributed by atoms with Crippen LogP contribution in [0.4, 0.5) is 4.39 Å². The number of hydrogen-bond acceptors (Lipinski definition) is 6. The van der Waals surface area contributed by atoms with Crippen LogP contribution in [0.15, 0.2) is 57.9 Å². The van der Waals surface area contributed by atoms with Gasteiger partial charge in [-0.1, -0.05) is 5.16 Å². The minimum atomic E-state index is -3.78. The van der Waals surface area contributed by atoms with Crippen LogP contribution in [0.1, 0.15) is 5.76 Å². The molecule has 0 aliphatic carbocycles. The number of benzene rings is 2. The van der Waals surface area contributed by atoms with Gasteiger partial charge in [0.05, 0.1) is 11.4 Å². The van der Waals surface area contributed by atoms with Crippen molar-refractivity contribution in [2.45, 2.75) is 11.4 Å². The van der Waals surface area contributed by atoms with Gasteiger partial charge in [-0.2, -0.15) is 0 Å². The maximum Gasteiger partial charge on any atom is 0.240 e. The third-order valence-corrected chi connectivity index (χ3v) is 5.20. The minimum absolute atomic E-state index is 0.0330. The highest BCUT2D eigenvalue weighted by Gasteiger charge is 2.17. The van der Waals surface area contributed by atoms with Crippen LogP contribution < -0.4 is 14.2 Å². The number of hydrogen-bond donors (Lipinski definition) is 1. The first-order chi connectivity index (χ1) is 12.5. The van der Waals surface area contributed by atoms with Crippen molar-refractivity contribution in [2.24, 2.45) is 0 Å². The molecule has 0 unspecified atom stereocenters. The molecular formula is C17H13FN2O5S. The van der Waals surface area contributed by atoms with E-state index >= 15 is 0 Å². The minimum Gasteiger partial charge on any atom is -0.454 e. The fraction of sp³-hybridized carbons (Fsp3) is 0.118. The molecule has 0 atom stereocenters. The van der Waals surface area contributed by atoms with Crippen LogP contribution >= 0.6 is 0 Å². The normalized spacial score (nSPS) is 13.1. The first kappa shape index (κ1) is 16.6. The fourth-order valence-electron chi connectivity index (χ4n) is 2.45. The molecule has 1 aliphatic heterocycles. The second-order valence-corrected chi connectivity index (χ2v) is 7.29. The Kier molecular flexibility index (Phi) is 4.09. The van der Waals surface area contributed by atoms with Gasteiger partial charge in [-0.3, -0.25) is 0 Å². The molecule has 1 N–H and O–H groups in total. The summed E-state index contributed by atoms with van der Waals surface area (Å²) in [4.78, 5) is -0.0330. The summed E-state index contributed by atoms with van der Waals surface area (Å²) >= 11 is 0. The molecule has 7 nitrogen and oxygen atoms in total. The van der Waals surface area contributed by atoms with Gasteiger partial charge in [0.2, 0.25) is 16.8 Å². The van der Waals surface area contributed by atoms with E-state index in [2.05, 4.69) is 9.88 Å². The van der Waals surface area contributed by atoms with Crippen molar-refractivity contribution >= 4 is 10.0 Å². The molecule has 26 heavy (non-hydrogen) atoms. The number of rotatable bonds is 5. The largest absolute Gasteiger partial charge is 0.454 e. The van der Waals surface area contributed by atoms with Gasteiger partial charge in [0.1, 0.15) is 11.5 Å². The quantitative estimate of drug-likeness (QED) is 0.736. The zero-order valence-electron chi connectivity index (χ0n) is 13.3. The summed E-state index contributed by atoms with van der Waals surface area (Å²) in [6.07, 6.45) is 0. The van der Waals surface area contributed by atoms with E-state index in [4.69, 9.17) is 14.0 Å². The van der Waals surface area contributed by atoms with Gasteiger partial charge in [-0.25, -0.2) is 17.5 Å². The van der Waals surface area contributed by atoms with E-state index in [0.29, 0.717) is 23.0 Å². The molecule has 0 bridgehead atoms. The molecular weight excluding hydrogens is 363 g/mol. The lowest BCUT2D eigenvalue weighted by Gasteiger charge is -2.04. The Hall–Kier alpha value is -2.91. The van der Waals surface area contributed by atoms with Crippen LogP contribution in [-0.4, -0.2) is 20.4 Å². The van der Waals surface area contributed by atoms with Gasteiger partial charge >= 0.3 is 0 Å². The molecule has 0 saturated heterocycles. The third kappa shape index (κ3) is 3.26. The lowest BCUT2D eigenvalue weighted by Crippen LogP contribution is -2.22. The van der Waals surface area contributed by atoms with Crippen LogP contribution in [-0.2, 0) is 16.6 Å². The van der Waals surface area contributed by atoms with Gasteiger partial charge in [-0.15, -0.1) is 0 Å². The fourth-order valence-corrected chi connectivity index (χ4v) is 3.44. The second-order valence-electron chi connectivity index (χ2n) is 5.52. The van der Waals surface area contributed by atoms with Crippen molar-refractivity contribution in [1.82, 2.24) is 9.88 Å². The van der Waals surface area contributed by atoms with Crippen LogP contribution in [0.2, 0.25) is 0 Å². The third-order valence-electron chi connectivity index (χ3n) is 3.79. The van der Waals surface area contributed by atoms with Crippen molar-refractivity contribution in [3.8, 4) is 22.8 Å². The lowest BCUT2D eigenvalue weighted by molar-refractivity contribution is 0.174. The Balaban J connectivity index is 1.48. The SMILES string of the molecule is O=S(=O)(NCc1cc(-c2ccc3c(c2)OCO3)no1)c1ccc(F)cc1. The standard InChI is InChI=1S/C17H13FN2O5S/c18-12-2-4-14(5-3-12)26(21,22)19-9-13-8-15(20-25-13)11-1-6-16-17(7-11)24-10-23-16/h1-8,19H,9-10H2. The van der Waals surface area contributed by atoms with Crippen LogP contribution in [0.25, 0.3) is 11.3 Å². The van der Waals surface area contributed by atoms with Crippen molar-refractivity contribution < 1.29 is 26.8 Å². The molecule has 1 aromatic heterocycles. The van der Waals surface area contributed by atoms with E-state index < -0.39 is 15.8 Å². The molecule has 0 spiro atoms. The molecule has 2 aromatic carbocycles. The van der Waals surface area contributed by atoms with Crippen molar-refractivity contribution in [2.75, 3.05) is 6.79 Å². The first-order valence-electron chi connectivity index (χ1n) is 7.62. The molecule has 3 aromatic rings. The van der Waals surface area contributed by atoms with Crippen molar-refractivity contribution in [3.05, 3.63) is 60.1 Å². The predicted octanol–water partition coefficient (Wildman–Crippen LogP) is 2.69. The molecule has 9 heteroatoms. The first-order valence-corrected chi connectivity index (χ1v) is 9.10. The predicted molar refractivity (Wildman–Crippen MR) is 88.5 cm³/mol. The van der Waals surface area contributed by atoms with E-state index in [0.717, 1.165) is 17.7 Å². The Morgan fingerprint density at radius 2 is 1.81 bits per heavy atom. The highest BCUT2D eigenvalue weighted by molar-refractivity contribution is 7.89. The van der Waals surface area contributed by atoms with Gasteiger partial charge in [0.15, 0.2) is 17.3 Å². The summed E-state index contributed by atoms with van der Waals surface area (Å²) in [6, 6.07) is 11.5. The molecule has 0 fully saturated rings. The lowest BCUT2D eigenvalue weighted by atomic mass is 10.1. The van der Waals surface area contributed by atoms with Gasteiger partial charge in [0.25, 0.3) is 0 Å². The van der Waals surface area contributed by atoms with Crippen molar-refractivity contribution in [3.63, 3.8) is 0 Å². The second kappa shape index (κ2) is 6.43. The van der Waals surface area contributed by atoms with Gasteiger partial charge < -0.3 is 14.0 Å². The number of halogens is 1. The molecule has 0 radical (unpaired) electrons. The zero-order valence-corrected chi connectivity index (χ0v) is 14.1. The Bertz CT molecular complexity index is 1050. The molecule has 1 aliphatic rings. The summed E-state index contributed by atoms with van der Waals surface area (Å²) in [5.74, 6) is 1.10. The number of ether oxygens (including phenoxy) is 2. The number of fused-ring (bicyclic) bond motifs is 1.